The first-order chi connectivity index (χ1) is 8.62. The van der Waals surface area contributed by atoms with Crippen molar-refractivity contribution in [2.24, 2.45) is 11.7 Å². The Morgan fingerprint density at radius 2 is 2.33 bits per heavy atom. The zero-order valence-electron chi connectivity index (χ0n) is 10.3. The molecule has 1 aromatic rings. The quantitative estimate of drug-likeness (QED) is 0.867. The largest absolute Gasteiger partial charge is 0.330 e. The van der Waals surface area contributed by atoms with E-state index in [1.165, 1.54) is 0 Å². The van der Waals surface area contributed by atoms with Crippen LogP contribution in [0.4, 0.5) is 0 Å². The predicted molar refractivity (Wildman–Crippen MR) is 70.2 cm³/mol. The summed E-state index contributed by atoms with van der Waals surface area (Å²) < 4.78 is 26.1. The minimum Gasteiger partial charge on any atom is -0.330 e. The van der Waals surface area contributed by atoms with Crippen LogP contribution in [0.5, 0.6) is 0 Å². The normalized spacial score (nSPS) is 21.9. The molecule has 1 atom stereocenters. The molecular weight excluding hydrogens is 250 g/mol. The van der Waals surface area contributed by atoms with Gasteiger partial charge in [-0.05, 0) is 36.9 Å². The highest BCUT2D eigenvalue weighted by atomic mass is 32.2. The van der Waals surface area contributed by atoms with Gasteiger partial charge in [-0.2, -0.15) is 0 Å². The van der Waals surface area contributed by atoms with Crippen molar-refractivity contribution in [3.63, 3.8) is 0 Å². The van der Waals surface area contributed by atoms with E-state index in [2.05, 4.69) is 4.98 Å². The van der Waals surface area contributed by atoms with Crippen LogP contribution in [-0.4, -0.2) is 37.3 Å². The third-order valence-electron chi connectivity index (χ3n) is 3.28. The molecule has 1 aliphatic heterocycles. The molecule has 0 spiro atoms. The van der Waals surface area contributed by atoms with E-state index in [0.717, 1.165) is 18.4 Å². The minimum atomic E-state index is -3.24. The lowest BCUT2D eigenvalue weighted by Gasteiger charge is -2.31. The first kappa shape index (κ1) is 13.5. The molecule has 2 heterocycles. The monoisotopic (exact) mass is 269 g/mol. The van der Waals surface area contributed by atoms with E-state index in [1.807, 2.05) is 0 Å². The van der Waals surface area contributed by atoms with Crippen LogP contribution in [-0.2, 0) is 15.8 Å². The zero-order valence-corrected chi connectivity index (χ0v) is 11.1. The van der Waals surface area contributed by atoms with Gasteiger partial charge >= 0.3 is 0 Å². The maximum atomic E-state index is 12.3. The van der Waals surface area contributed by atoms with Crippen molar-refractivity contribution in [2.45, 2.75) is 18.6 Å². The van der Waals surface area contributed by atoms with Gasteiger partial charge in [-0.15, -0.1) is 0 Å². The third kappa shape index (κ3) is 3.28. The molecule has 2 rings (SSSR count). The summed E-state index contributed by atoms with van der Waals surface area (Å²) >= 11 is 0. The van der Waals surface area contributed by atoms with Gasteiger partial charge in [0.05, 0.1) is 5.75 Å². The number of sulfonamides is 1. The van der Waals surface area contributed by atoms with E-state index in [9.17, 15) is 8.42 Å². The van der Waals surface area contributed by atoms with Crippen LogP contribution in [0, 0.1) is 5.92 Å². The first-order valence-electron chi connectivity index (χ1n) is 6.18. The van der Waals surface area contributed by atoms with Gasteiger partial charge < -0.3 is 5.73 Å². The Morgan fingerprint density at radius 3 is 3.00 bits per heavy atom. The topological polar surface area (TPSA) is 76.3 Å². The van der Waals surface area contributed by atoms with E-state index in [0.29, 0.717) is 25.6 Å². The van der Waals surface area contributed by atoms with Gasteiger partial charge in [0.2, 0.25) is 10.0 Å². The van der Waals surface area contributed by atoms with Gasteiger partial charge in [-0.25, -0.2) is 12.7 Å². The van der Waals surface area contributed by atoms with E-state index in [4.69, 9.17) is 5.73 Å². The fourth-order valence-electron chi connectivity index (χ4n) is 2.26. The van der Waals surface area contributed by atoms with Crippen molar-refractivity contribution in [1.82, 2.24) is 9.29 Å². The highest BCUT2D eigenvalue weighted by Crippen LogP contribution is 2.20. The van der Waals surface area contributed by atoms with Gasteiger partial charge in [0.15, 0.2) is 0 Å². The molecule has 0 aliphatic carbocycles. The van der Waals surface area contributed by atoms with E-state index < -0.39 is 10.0 Å². The summed E-state index contributed by atoms with van der Waals surface area (Å²) in [6.07, 6.45) is 5.16. The molecule has 1 aliphatic rings. The molecule has 1 saturated heterocycles. The standard InChI is InChI=1S/C12H19N3O2S/c13-7-11-4-2-6-15(9-11)18(16,17)10-12-3-1-5-14-8-12/h1,3,5,8,11H,2,4,6-7,9-10,13H2. The molecule has 0 saturated carbocycles. The minimum absolute atomic E-state index is 0.0259. The SMILES string of the molecule is NCC1CCCN(S(=O)(=O)Cc2cccnc2)C1. The molecule has 100 valence electrons. The Labute approximate surface area is 108 Å². The lowest BCUT2D eigenvalue weighted by molar-refractivity contribution is 0.271. The number of hydrogen-bond donors (Lipinski definition) is 1. The number of aromatic nitrogens is 1. The zero-order chi connectivity index (χ0) is 13.0. The molecule has 1 unspecified atom stereocenters. The summed E-state index contributed by atoms with van der Waals surface area (Å²) in [4.78, 5) is 3.94. The number of hydrogen-bond acceptors (Lipinski definition) is 4. The highest BCUT2D eigenvalue weighted by molar-refractivity contribution is 7.88. The van der Waals surface area contributed by atoms with E-state index >= 15 is 0 Å². The average Bonchev–Trinajstić information content (AvgIpc) is 2.39. The molecule has 2 N–H and O–H groups in total. The van der Waals surface area contributed by atoms with Crippen LogP contribution in [0.1, 0.15) is 18.4 Å². The van der Waals surface area contributed by atoms with Crippen molar-refractivity contribution < 1.29 is 8.42 Å². The summed E-state index contributed by atoms with van der Waals surface area (Å²) in [5.74, 6) is 0.320. The van der Waals surface area contributed by atoms with Crippen molar-refractivity contribution in [2.75, 3.05) is 19.6 Å². The van der Waals surface area contributed by atoms with Crippen molar-refractivity contribution in [3.8, 4) is 0 Å². The van der Waals surface area contributed by atoms with Crippen LogP contribution in [0.25, 0.3) is 0 Å². The fraction of sp³-hybridized carbons (Fsp3) is 0.583. The molecule has 1 fully saturated rings. The number of nitrogens with zero attached hydrogens (tertiary/aromatic N) is 2. The molecule has 0 amide bonds. The summed E-state index contributed by atoms with van der Waals surface area (Å²) in [7, 11) is -3.24. The maximum Gasteiger partial charge on any atom is 0.218 e. The summed E-state index contributed by atoms with van der Waals surface area (Å²) in [6.45, 7) is 1.72. The Kier molecular flexibility index (Phi) is 4.31. The second kappa shape index (κ2) is 5.77. The predicted octanol–water partition coefficient (Wildman–Crippen LogP) is 0.582. The summed E-state index contributed by atoms with van der Waals surface area (Å²) in [5.41, 5.74) is 6.36. The van der Waals surface area contributed by atoms with Gasteiger partial charge in [0, 0.05) is 25.5 Å². The molecular formula is C12H19N3O2S. The smallest absolute Gasteiger partial charge is 0.218 e. The second-order valence-corrected chi connectivity index (χ2v) is 6.69. The van der Waals surface area contributed by atoms with Crippen LogP contribution in [0.15, 0.2) is 24.5 Å². The summed E-state index contributed by atoms with van der Waals surface area (Å²) in [6, 6.07) is 3.54. The third-order valence-corrected chi connectivity index (χ3v) is 5.10. The molecule has 0 bridgehead atoms. The lowest BCUT2D eigenvalue weighted by Crippen LogP contribution is -2.42. The van der Waals surface area contributed by atoms with Gasteiger partial charge in [0.25, 0.3) is 0 Å². The van der Waals surface area contributed by atoms with E-state index in [-0.39, 0.29) is 5.75 Å². The van der Waals surface area contributed by atoms with Crippen LogP contribution >= 0.6 is 0 Å². The molecule has 0 radical (unpaired) electrons. The number of rotatable bonds is 4. The van der Waals surface area contributed by atoms with E-state index in [1.54, 1.807) is 28.8 Å². The maximum absolute atomic E-state index is 12.3. The number of nitrogens with two attached hydrogens (primary N) is 1. The Balaban J connectivity index is 2.06. The van der Waals surface area contributed by atoms with Crippen molar-refractivity contribution >= 4 is 10.0 Å². The average molecular weight is 269 g/mol. The van der Waals surface area contributed by atoms with Gasteiger partial charge in [-0.1, -0.05) is 6.07 Å². The van der Waals surface area contributed by atoms with Crippen LogP contribution in [0.2, 0.25) is 0 Å². The molecule has 6 heteroatoms. The Bertz CT molecular complexity index is 475. The number of pyridine rings is 1. The fourth-order valence-corrected chi connectivity index (χ4v) is 3.88. The first-order valence-corrected chi connectivity index (χ1v) is 7.79. The Hall–Kier alpha value is -0.980. The highest BCUT2D eigenvalue weighted by Gasteiger charge is 2.28. The number of piperidine rings is 1. The van der Waals surface area contributed by atoms with Crippen molar-refractivity contribution in [1.29, 1.82) is 0 Å². The van der Waals surface area contributed by atoms with Crippen molar-refractivity contribution in [3.05, 3.63) is 30.1 Å². The molecule has 18 heavy (non-hydrogen) atoms. The van der Waals surface area contributed by atoms with Crippen LogP contribution < -0.4 is 5.73 Å². The van der Waals surface area contributed by atoms with Gasteiger partial charge in [0.1, 0.15) is 0 Å². The lowest BCUT2D eigenvalue weighted by atomic mass is 10.0. The second-order valence-electron chi connectivity index (χ2n) is 4.72. The molecule has 0 aromatic carbocycles. The van der Waals surface area contributed by atoms with Gasteiger partial charge in [-0.3, -0.25) is 4.98 Å². The Morgan fingerprint density at radius 1 is 1.50 bits per heavy atom. The van der Waals surface area contributed by atoms with Crippen LogP contribution in [0.3, 0.4) is 0 Å². The molecule has 1 aromatic heterocycles. The summed E-state index contributed by atoms with van der Waals surface area (Å²) in [5, 5.41) is 0. The molecule has 5 nitrogen and oxygen atoms in total.